The van der Waals surface area contributed by atoms with Gasteiger partial charge in [0, 0.05) is 18.5 Å². The molecule has 0 unspecified atom stereocenters. The highest BCUT2D eigenvalue weighted by Crippen LogP contribution is 2.35. The maximum absolute atomic E-state index is 12.4. The number of carbonyl (C=O) groups is 1. The Morgan fingerprint density at radius 2 is 1.88 bits per heavy atom. The van der Waals surface area contributed by atoms with E-state index in [1.165, 1.54) is 0 Å². The molecule has 0 atom stereocenters. The quantitative estimate of drug-likeness (QED) is 0.574. The van der Waals surface area contributed by atoms with Crippen molar-refractivity contribution >= 4 is 32.9 Å². The van der Waals surface area contributed by atoms with Crippen LogP contribution in [0.25, 0.3) is 11.0 Å². The van der Waals surface area contributed by atoms with Crippen molar-refractivity contribution in [2.45, 2.75) is 12.8 Å². The van der Waals surface area contributed by atoms with Crippen molar-refractivity contribution in [3.05, 3.63) is 52.3 Å². The summed E-state index contributed by atoms with van der Waals surface area (Å²) in [7, 11) is 3.10. The first-order valence-corrected chi connectivity index (χ1v) is 9.05. The largest absolute Gasteiger partial charge is 0.495 e. The number of H-pyrrole nitrogens is 1. The zero-order valence-corrected chi connectivity index (χ0v) is 16.2. The second-order valence-corrected chi connectivity index (χ2v) is 6.55. The third-order valence-corrected chi connectivity index (χ3v) is 4.80. The predicted molar refractivity (Wildman–Crippen MR) is 104 cm³/mol. The third-order valence-electron chi connectivity index (χ3n) is 4.02. The zero-order valence-electron chi connectivity index (χ0n) is 14.6. The van der Waals surface area contributed by atoms with Crippen LogP contribution in [0.15, 0.2) is 40.9 Å². The smallest absolute Gasteiger partial charge is 0.251 e. The summed E-state index contributed by atoms with van der Waals surface area (Å²) in [4.78, 5) is 20.2. The molecule has 0 bridgehead atoms. The molecule has 0 aliphatic carbocycles. The van der Waals surface area contributed by atoms with E-state index in [0.29, 0.717) is 28.1 Å². The van der Waals surface area contributed by atoms with Gasteiger partial charge < -0.3 is 19.8 Å². The molecule has 26 heavy (non-hydrogen) atoms. The second-order valence-electron chi connectivity index (χ2n) is 5.75. The molecule has 0 spiro atoms. The first-order valence-electron chi connectivity index (χ1n) is 8.25. The van der Waals surface area contributed by atoms with E-state index in [4.69, 9.17) is 9.47 Å². The van der Waals surface area contributed by atoms with Crippen LogP contribution in [0.1, 0.15) is 22.6 Å². The molecule has 2 aromatic carbocycles. The van der Waals surface area contributed by atoms with Crippen molar-refractivity contribution in [1.82, 2.24) is 15.3 Å². The van der Waals surface area contributed by atoms with Gasteiger partial charge >= 0.3 is 0 Å². The number of ether oxygens (including phenoxy) is 2. The molecule has 6 nitrogen and oxygen atoms in total. The fraction of sp³-hybridized carbons (Fsp3) is 0.263. The lowest BCUT2D eigenvalue weighted by Crippen LogP contribution is -2.25. The minimum absolute atomic E-state index is 0.168. The Morgan fingerprint density at radius 3 is 2.54 bits per heavy atom. The molecule has 2 N–H and O–H groups in total. The molecule has 0 aliphatic rings. The maximum atomic E-state index is 12.4. The van der Waals surface area contributed by atoms with Crippen molar-refractivity contribution in [2.75, 3.05) is 20.8 Å². The zero-order chi connectivity index (χ0) is 18.5. The van der Waals surface area contributed by atoms with E-state index in [1.807, 2.05) is 24.3 Å². The Bertz CT molecular complexity index is 865. The number of aromatic nitrogens is 2. The van der Waals surface area contributed by atoms with Crippen molar-refractivity contribution < 1.29 is 14.3 Å². The molecule has 0 aliphatic heterocycles. The SMILES string of the molecule is COc1cc(C(=O)NCCCc2nc3ccccc3[nH]2)cc(OC)c1Br. The first kappa shape index (κ1) is 18.3. The molecule has 0 saturated heterocycles. The third kappa shape index (κ3) is 3.99. The van der Waals surface area contributed by atoms with E-state index in [9.17, 15) is 4.79 Å². The Morgan fingerprint density at radius 1 is 1.19 bits per heavy atom. The minimum Gasteiger partial charge on any atom is -0.495 e. The van der Waals surface area contributed by atoms with Crippen molar-refractivity contribution in [2.24, 2.45) is 0 Å². The van der Waals surface area contributed by atoms with Gasteiger partial charge in [0.05, 0.1) is 25.3 Å². The number of benzene rings is 2. The maximum Gasteiger partial charge on any atom is 0.251 e. The normalized spacial score (nSPS) is 10.7. The number of hydrogen-bond acceptors (Lipinski definition) is 4. The molecular formula is C19H20BrN3O3. The Hall–Kier alpha value is -2.54. The summed E-state index contributed by atoms with van der Waals surface area (Å²) in [6.45, 7) is 0.552. The molecule has 136 valence electrons. The molecule has 3 aromatic rings. The van der Waals surface area contributed by atoms with Gasteiger partial charge in [0.2, 0.25) is 0 Å². The summed E-state index contributed by atoms with van der Waals surface area (Å²) in [5.41, 5.74) is 2.48. The molecule has 0 radical (unpaired) electrons. The average Bonchev–Trinajstić information content (AvgIpc) is 3.08. The highest BCUT2D eigenvalue weighted by molar-refractivity contribution is 9.10. The summed E-state index contributed by atoms with van der Waals surface area (Å²) in [5.74, 6) is 1.86. The summed E-state index contributed by atoms with van der Waals surface area (Å²) in [5, 5.41) is 2.92. The second kappa shape index (κ2) is 8.23. The summed E-state index contributed by atoms with van der Waals surface area (Å²) >= 11 is 3.40. The number of aromatic amines is 1. The highest BCUT2D eigenvalue weighted by atomic mass is 79.9. The number of aryl methyl sites for hydroxylation is 1. The van der Waals surface area contributed by atoms with Crippen LogP contribution in [-0.2, 0) is 6.42 Å². The molecule has 0 fully saturated rings. The van der Waals surface area contributed by atoms with Gasteiger partial charge in [-0.15, -0.1) is 0 Å². The Labute approximate surface area is 160 Å². The van der Waals surface area contributed by atoms with Gasteiger partial charge in [-0.05, 0) is 46.6 Å². The van der Waals surface area contributed by atoms with Crippen molar-refractivity contribution in [3.63, 3.8) is 0 Å². The number of fused-ring (bicyclic) bond motifs is 1. The van der Waals surface area contributed by atoms with Gasteiger partial charge in [-0.2, -0.15) is 0 Å². The Balaban J connectivity index is 1.57. The van der Waals surface area contributed by atoms with Gasteiger partial charge in [0.25, 0.3) is 5.91 Å². The Kier molecular flexibility index (Phi) is 5.78. The van der Waals surface area contributed by atoms with Crippen LogP contribution in [0.3, 0.4) is 0 Å². The molecular weight excluding hydrogens is 398 g/mol. The number of nitrogens with zero attached hydrogens (tertiary/aromatic N) is 1. The number of hydrogen-bond donors (Lipinski definition) is 2. The van der Waals surface area contributed by atoms with E-state index in [0.717, 1.165) is 29.7 Å². The van der Waals surface area contributed by atoms with Crippen LogP contribution in [0.2, 0.25) is 0 Å². The number of nitrogens with one attached hydrogen (secondary N) is 2. The minimum atomic E-state index is -0.168. The van der Waals surface area contributed by atoms with Gasteiger partial charge in [0.15, 0.2) is 0 Å². The summed E-state index contributed by atoms with van der Waals surface area (Å²) in [6.07, 6.45) is 1.55. The number of amides is 1. The van der Waals surface area contributed by atoms with Gasteiger partial charge in [-0.1, -0.05) is 12.1 Å². The van der Waals surface area contributed by atoms with Gasteiger partial charge in [-0.3, -0.25) is 4.79 Å². The van der Waals surface area contributed by atoms with Crippen molar-refractivity contribution in [3.8, 4) is 11.5 Å². The van der Waals surface area contributed by atoms with Crippen LogP contribution in [0.5, 0.6) is 11.5 Å². The molecule has 1 amide bonds. The highest BCUT2D eigenvalue weighted by Gasteiger charge is 2.14. The van der Waals surface area contributed by atoms with Crippen LogP contribution in [0, 0.1) is 0 Å². The van der Waals surface area contributed by atoms with Crippen LogP contribution < -0.4 is 14.8 Å². The number of rotatable bonds is 7. The monoisotopic (exact) mass is 417 g/mol. The lowest BCUT2D eigenvalue weighted by Gasteiger charge is -2.11. The van der Waals surface area contributed by atoms with Crippen LogP contribution in [-0.4, -0.2) is 36.6 Å². The molecule has 1 heterocycles. The van der Waals surface area contributed by atoms with Gasteiger partial charge in [-0.25, -0.2) is 4.98 Å². The molecule has 1 aromatic heterocycles. The lowest BCUT2D eigenvalue weighted by atomic mass is 10.2. The first-order chi connectivity index (χ1) is 12.6. The molecule has 7 heteroatoms. The standard InChI is InChI=1S/C19H20BrN3O3/c1-25-15-10-12(11-16(26-2)18(15)20)19(24)21-9-5-8-17-22-13-6-3-4-7-14(13)23-17/h3-4,6-7,10-11H,5,8-9H2,1-2H3,(H,21,24)(H,22,23). The van der Waals surface area contributed by atoms with E-state index >= 15 is 0 Å². The molecule has 3 rings (SSSR count). The summed E-state index contributed by atoms with van der Waals surface area (Å²) < 4.78 is 11.2. The fourth-order valence-electron chi connectivity index (χ4n) is 2.68. The fourth-order valence-corrected chi connectivity index (χ4v) is 3.24. The van der Waals surface area contributed by atoms with E-state index in [1.54, 1.807) is 26.4 Å². The topological polar surface area (TPSA) is 76.2 Å². The molecule has 0 saturated carbocycles. The van der Waals surface area contributed by atoms with Crippen LogP contribution in [0.4, 0.5) is 0 Å². The van der Waals surface area contributed by atoms with E-state index in [-0.39, 0.29) is 5.91 Å². The predicted octanol–water partition coefficient (Wildman–Crippen LogP) is 3.71. The number of methoxy groups -OCH3 is 2. The average molecular weight is 418 g/mol. The number of imidazole rings is 1. The lowest BCUT2D eigenvalue weighted by molar-refractivity contribution is 0.0952. The van der Waals surface area contributed by atoms with Crippen molar-refractivity contribution in [1.29, 1.82) is 0 Å². The van der Waals surface area contributed by atoms with Gasteiger partial charge in [0.1, 0.15) is 21.8 Å². The van der Waals surface area contributed by atoms with E-state index in [2.05, 4.69) is 31.2 Å². The summed E-state index contributed by atoms with van der Waals surface area (Å²) in [6, 6.07) is 11.3. The van der Waals surface area contributed by atoms with E-state index < -0.39 is 0 Å². The number of halogens is 1. The number of carbonyl (C=O) groups excluding carboxylic acids is 1. The van der Waals surface area contributed by atoms with Crippen LogP contribution >= 0.6 is 15.9 Å². The number of para-hydroxylation sites is 2.